The molecule has 3 aliphatic rings. The number of rotatable bonds is 29. The molecule has 0 saturated carbocycles. The van der Waals surface area contributed by atoms with Crippen molar-refractivity contribution >= 4 is 53.2 Å². The Bertz CT molecular complexity index is 2610. The summed E-state index contributed by atoms with van der Waals surface area (Å²) in [6.07, 6.45) is 8.04. The molecule has 1 saturated heterocycles. The Balaban J connectivity index is 1.23. The third kappa shape index (κ3) is 15.9. The van der Waals surface area contributed by atoms with Crippen molar-refractivity contribution in [3.05, 3.63) is 89.7 Å². The van der Waals surface area contributed by atoms with Gasteiger partial charge in [-0.2, -0.15) is 29.8 Å². The molecule has 5 rings (SSSR count). The largest absolute Gasteiger partial charge is 0.394 e. The van der Waals surface area contributed by atoms with E-state index in [2.05, 4.69) is 16.4 Å². The molecule has 0 amide bonds. The van der Waals surface area contributed by atoms with E-state index in [0.717, 1.165) is 34.8 Å². The smallest absolute Gasteiger partial charge is 0.294 e. The Morgan fingerprint density at radius 2 is 1.45 bits per heavy atom. The van der Waals surface area contributed by atoms with E-state index in [0.29, 0.717) is 76.6 Å². The van der Waals surface area contributed by atoms with Gasteiger partial charge in [-0.05, 0) is 95.6 Å². The molecule has 0 aromatic heterocycles. The lowest BCUT2D eigenvalue weighted by atomic mass is 9.77. The summed E-state index contributed by atoms with van der Waals surface area (Å²) in [4.78, 5) is 14.6. The normalized spacial score (nSPS) is 24.2. The summed E-state index contributed by atoms with van der Waals surface area (Å²) in [5.41, 5.74) is 3.99. The SMILES string of the molecule is CC1(C)C(C=CC=CC=C2N(CCCCS(=O)(=O)O)c3ccccc3C2(C)CCCCS(=O)(=O)O)=[N+](CCCCCC(=O)CCCOCCO[C@H]2O[C@H](CO)[C@@H](O)[C@H](O)[C@@H]2O)c2ccc(S(=O)(=O)O)cc21. The maximum Gasteiger partial charge on any atom is 0.294 e. The van der Waals surface area contributed by atoms with Gasteiger partial charge in [-0.1, -0.05) is 42.8 Å². The number of hydrogen-bond acceptors (Lipinski definition) is 15. The number of Topliss-reactive ketones (excluding diaryl/α,β-unsaturated/α-hetero) is 1. The van der Waals surface area contributed by atoms with Crippen LogP contribution in [-0.2, 0) is 60.2 Å². The highest BCUT2D eigenvalue weighted by Crippen LogP contribution is 2.51. The number of hydrogen-bond donors (Lipinski definition) is 7. The van der Waals surface area contributed by atoms with Crippen LogP contribution in [0.5, 0.6) is 0 Å². The van der Waals surface area contributed by atoms with Crippen molar-refractivity contribution in [3.63, 3.8) is 0 Å². The highest BCUT2D eigenvalue weighted by atomic mass is 32.2. The van der Waals surface area contributed by atoms with Crippen LogP contribution in [-0.4, -0.2) is 157 Å². The molecule has 7 N–H and O–H groups in total. The van der Waals surface area contributed by atoms with E-state index in [1.54, 1.807) is 6.07 Å². The predicted molar refractivity (Wildman–Crippen MR) is 266 cm³/mol. The second-order valence-corrected chi connectivity index (χ2v) is 23.5. The molecule has 0 aliphatic carbocycles. The second kappa shape index (κ2) is 25.5. The van der Waals surface area contributed by atoms with Crippen LogP contribution in [0.3, 0.4) is 0 Å². The summed E-state index contributed by atoms with van der Waals surface area (Å²) in [5.74, 6) is -0.639. The first-order valence-corrected chi connectivity index (χ1v) is 28.7. The average molecular weight is 1060 g/mol. The molecule has 71 heavy (non-hydrogen) atoms. The maximum absolute atomic E-state index is 12.7. The minimum Gasteiger partial charge on any atom is -0.394 e. The van der Waals surface area contributed by atoms with E-state index in [1.165, 1.54) is 12.1 Å². The fraction of sp³-hybridized carbons (Fsp3) is 0.592. The number of para-hydroxylation sites is 1. The van der Waals surface area contributed by atoms with Crippen LogP contribution in [0.2, 0.25) is 0 Å². The van der Waals surface area contributed by atoms with Crippen molar-refractivity contribution in [1.82, 2.24) is 0 Å². The number of carbonyl (C=O) groups is 1. The summed E-state index contributed by atoms with van der Waals surface area (Å²) in [5, 5.41) is 39.2. The van der Waals surface area contributed by atoms with Gasteiger partial charge in [0.2, 0.25) is 5.69 Å². The molecule has 3 heterocycles. The van der Waals surface area contributed by atoms with Crippen molar-refractivity contribution in [2.24, 2.45) is 0 Å². The molecule has 2 aromatic carbocycles. The zero-order valence-corrected chi connectivity index (χ0v) is 43.0. The molecule has 0 spiro atoms. The number of fused-ring (bicyclic) bond motifs is 2. The predicted octanol–water partition coefficient (Wildman–Crippen LogP) is 4.55. The lowest BCUT2D eigenvalue weighted by molar-refractivity contribution is -0.438. The zero-order valence-electron chi connectivity index (χ0n) is 40.6. The average Bonchev–Trinajstić information content (AvgIpc) is 3.66. The highest BCUT2D eigenvalue weighted by molar-refractivity contribution is 7.86. The first-order chi connectivity index (χ1) is 33.4. The summed E-state index contributed by atoms with van der Waals surface area (Å²) in [6.45, 7) is 6.91. The van der Waals surface area contributed by atoms with E-state index in [4.69, 9.17) is 14.2 Å². The van der Waals surface area contributed by atoms with Gasteiger partial charge in [0.15, 0.2) is 12.0 Å². The fourth-order valence-corrected chi connectivity index (χ4v) is 11.2. The molecular weight excluding hydrogens is 985 g/mol. The summed E-state index contributed by atoms with van der Waals surface area (Å²) >= 11 is 0. The van der Waals surface area contributed by atoms with Crippen LogP contribution in [0.15, 0.2) is 83.4 Å². The van der Waals surface area contributed by atoms with Gasteiger partial charge < -0.3 is 39.5 Å². The molecule has 22 heteroatoms. The van der Waals surface area contributed by atoms with Crippen molar-refractivity contribution < 1.29 is 82.9 Å². The molecule has 3 aliphatic heterocycles. The van der Waals surface area contributed by atoms with Crippen molar-refractivity contribution in [3.8, 4) is 0 Å². The van der Waals surface area contributed by atoms with Gasteiger partial charge in [-0.25, -0.2) is 0 Å². The van der Waals surface area contributed by atoms with Crippen LogP contribution in [0.25, 0.3) is 0 Å². The van der Waals surface area contributed by atoms with Crippen molar-refractivity contribution in [1.29, 1.82) is 0 Å². The number of aliphatic hydroxyl groups excluding tert-OH is 4. The Kier molecular flexibility index (Phi) is 20.9. The number of allylic oxidation sites excluding steroid dienone is 6. The number of carbonyl (C=O) groups excluding carboxylic acids is 1. The molecule has 6 atom stereocenters. The number of ether oxygens (including phenoxy) is 3. The van der Waals surface area contributed by atoms with E-state index >= 15 is 0 Å². The van der Waals surface area contributed by atoms with Crippen LogP contribution < -0.4 is 4.90 Å². The summed E-state index contributed by atoms with van der Waals surface area (Å²) in [7, 11) is -12.8. The number of ketones is 1. The Labute approximate surface area is 417 Å². The van der Waals surface area contributed by atoms with E-state index in [1.807, 2.05) is 68.5 Å². The molecular formula is C49H71N2O17S3+. The Morgan fingerprint density at radius 3 is 2.14 bits per heavy atom. The van der Waals surface area contributed by atoms with Crippen LogP contribution >= 0.6 is 0 Å². The standard InChI is InChI=1S/C49H70N2O17S3/c1-48(2)38-33-36(71(63,64)65)23-24-40(38)50(26-12-5-6-17-35(53)18-16-28-66-29-30-67-47-46(56)45(55)44(54)41(34-52)68-47)42(48)21-7-4-8-22-43-49(3,25-11-14-31-69(57,58)59)37-19-9-10-20-39(37)51(43)27-13-15-32-70(60,61)62/h4,7-10,19-24,33,41,44-47,52,54-56H,5-6,11-18,25-32,34H2,1-3H3,(H2-,57,58,59,60,61,62,63,64,65)/p+1/t41-,44-,45+,46+,47+,49?/m1/s1. The van der Waals surface area contributed by atoms with Crippen molar-refractivity contribution in [2.45, 2.75) is 138 Å². The number of nitrogens with zero attached hydrogens (tertiary/aromatic N) is 2. The lowest BCUT2D eigenvalue weighted by Crippen LogP contribution is -2.59. The quantitative estimate of drug-likeness (QED) is 0.0254. The minimum absolute atomic E-state index is 0.00966. The van der Waals surface area contributed by atoms with Crippen LogP contribution in [0, 0.1) is 0 Å². The van der Waals surface area contributed by atoms with Crippen molar-refractivity contribution in [2.75, 3.05) is 55.9 Å². The molecule has 1 unspecified atom stereocenters. The van der Waals surface area contributed by atoms with Gasteiger partial charge in [0.25, 0.3) is 30.4 Å². The first-order valence-electron chi connectivity index (χ1n) is 24.0. The van der Waals surface area contributed by atoms with E-state index < -0.39 is 78.5 Å². The van der Waals surface area contributed by atoms with Gasteiger partial charge in [-0.3, -0.25) is 18.5 Å². The molecule has 19 nitrogen and oxygen atoms in total. The molecule has 2 aromatic rings. The van der Waals surface area contributed by atoms with Gasteiger partial charge in [0.05, 0.1) is 41.6 Å². The van der Waals surface area contributed by atoms with Gasteiger partial charge >= 0.3 is 0 Å². The number of benzene rings is 2. The number of unbranched alkanes of at least 4 members (excludes halogenated alkanes) is 4. The molecule has 0 bridgehead atoms. The summed E-state index contributed by atoms with van der Waals surface area (Å²) < 4.78 is 117. The minimum atomic E-state index is -4.48. The van der Waals surface area contributed by atoms with Crippen LogP contribution in [0.4, 0.5) is 11.4 Å². The Morgan fingerprint density at radius 1 is 0.761 bits per heavy atom. The molecule has 396 valence electrons. The topological polar surface area (TPSA) is 295 Å². The lowest BCUT2D eigenvalue weighted by Gasteiger charge is -2.39. The molecule has 1 fully saturated rings. The van der Waals surface area contributed by atoms with E-state index in [-0.39, 0.29) is 48.2 Å². The van der Waals surface area contributed by atoms with Crippen LogP contribution in [0.1, 0.15) is 103 Å². The third-order valence-electron chi connectivity index (χ3n) is 13.3. The third-order valence-corrected chi connectivity index (χ3v) is 15.8. The first kappa shape index (κ1) is 58.1. The van der Waals surface area contributed by atoms with E-state index in [9.17, 15) is 64.1 Å². The van der Waals surface area contributed by atoms with Gasteiger partial charge in [0.1, 0.15) is 36.7 Å². The van der Waals surface area contributed by atoms with Gasteiger partial charge in [-0.15, -0.1) is 0 Å². The van der Waals surface area contributed by atoms with Gasteiger partial charge in [0, 0.05) is 66.9 Å². The maximum atomic E-state index is 12.7. The summed E-state index contributed by atoms with van der Waals surface area (Å²) in [6, 6.07) is 12.4. The monoisotopic (exact) mass is 1060 g/mol. The number of anilines is 1. The number of aliphatic hydroxyl groups is 4. The molecule has 0 radical (unpaired) electrons. The highest BCUT2D eigenvalue weighted by Gasteiger charge is 2.46. The second-order valence-electron chi connectivity index (χ2n) is 19.0. The zero-order chi connectivity index (χ0) is 52.2. The fourth-order valence-electron chi connectivity index (χ4n) is 9.55. The Hall–Kier alpha value is -3.75.